The van der Waals surface area contributed by atoms with E-state index >= 15 is 0 Å². The first kappa shape index (κ1) is 11.0. The Morgan fingerprint density at radius 1 is 1.54 bits per heavy atom. The van der Waals surface area contributed by atoms with Gasteiger partial charge in [0.05, 0.1) is 11.0 Å². The Labute approximate surface area is 84.6 Å². The smallest absolute Gasteiger partial charge is 0.129 e. The predicted octanol–water partition coefficient (Wildman–Crippen LogP) is 2.39. The SMILES string of the molecule is CC1(C)OCCC1(C=O)CCCCl. The average molecular weight is 205 g/mol. The van der Waals surface area contributed by atoms with Gasteiger partial charge < -0.3 is 9.53 Å². The van der Waals surface area contributed by atoms with Crippen molar-refractivity contribution in [2.75, 3.05) is 12.5 Å². The zero-order valence-corrected chi connectivity index (χ0v) is 9.06. The number of aldehydes is 1. The van der Waals surface area contributed by atoms with Gasteiger partial charge in [-0.3, -0.25) is 0 Å². The van der Waals surface area contributed by atoms with Crippen LogP contribution in [0.2, 0.25) is 0 Å². The summed E-state index contributed by atoms with van der Waals surface area (Å²) in [5.41, 5.74) is -0.622. The van der Waals surface area contributed by atoms with E-state index in [2.05, 4.69) is 0 Å². The van der Waals surface area contributed by atoms with E-state index in [9.17, 15) is 4.79 Å². The van der Waals surface area contributed by atoms with E-state index in [-0.39, 0.29) is 11.0 Å². The molecule has 76 valence electrons. The van der Waals surface area contributed by atoms with E-state index in [0.29, 0.717) is 12.5 Å². The van der Waals surface area contributed by atoms with Gasteiger partial charge >= 0.3 is 0 Å². The van der Waals surface area contributed by atoms with Crippen LogP contribution in [0.4, 0.5) is 0 Å². The van der Waals surface area contributed by atoms with Gasteiger partial charge in [-0.2, -0.15) is 0 Å². The molecule has 1 fully saturated rings. The minimum atomic E-state index is -0.319. The fraction of sp³-hybridized carbons (Fsp3) is 0.900. The second kappa shape index (κ2) is 3.97. The Bertz CT molecular complexity index is 191. The van der Waals surface area contributed by atoms with Crippen molar-refractivity contribution in [3.63, 3.8) is 0 Å². The summed E-state index contributed by atoms with van der Waals surface area (Å²) in [5.74, 6) is 0.617. The highest BCUT2D eigenvalue weighted by Crippen LogP contribution is 2.45. The van der Waals surface area contributed by atoms with Gasteiger partial charge in [-0.25, -0.2) is 0 Å². The quantitative estimate of drug-likeness (QED) is 0.519. The fourth-order valence-electron chi connectivity index (χ4n) is 2.00. The molecule has 1 aliphatic heterocycles. The van der Waals surface area contributed by atoms with E-state index in [0.717, 1.165) is 25.5 Å². The van der Waals surface area contributed by atoms with E-state index in [1.165, 1.54) is 0 Å². The van der Waals surface area contributed by atoms with Gasteiger partial charge in [0.2, 0.25) is 0 Å². The van der Waals surface area contributed by atoms with Crippen molar-refractivity contribution in [1.29, 1.82) is 0 Å². The highest BCUT2D eigenvalue weighted by Gasteiger charge is 2.49. The standard InChI is InChI=1S/C10H17ClO2/c1-9(2)10(8-12,4-3-6-11)5-7-13-9/h8H,3-7H2,1-2H3. The molecule has 0 bridgehead atoms. The minimum absolute atomic E-state index is 0.304. The second-order valence-corrected chi connectivity index (χ2v) is 4.55. The van der Waals surface area contributed by atoms with Crippen molar-refractivity contribution in [2.45, 2.75) is 38.7 Å². The highest BCUT2D eigenvalue weighted by atomic mass is 35.5. The van der Waals surface area contributed by atoms with Crippen molar-refractivity contribution in [1.82, 2.24) is 0 Å². The molecule has 1 saturated heterocycles. The summed E-state index contributed by atoms with van der Waals surface area (Å²) in [6.45, 7) is 4.67. The Hall–Kier alpha value is -0.0800. The van der Waals surface area contributed by atoms with Gasteiger partial charge in [-0.1, -0.05) is 0 Å². The Balaban J connectivity index is 2.73. The average Bonchev–Trinajstić information content (AvgIpc) is 2.38. The molecule has 1 atom stereocenters. The maximum Gasteiger partial charge on any atom is 0.129 e. The van der Waals surface area contributed by atoms with Gasteiger partial charge in [-0.05, 0) is 33.1 Å². The van der Waals surface area contributed by atoms with Crippen LogP contribution in [0.15, 0.2) is 0 Å². The van der Waals surface area contributed by atoms with E-state index < -0.39 is 0 Å². The van der Waals surface area contributed by atoms with Crippen LogP contribution in [0.3, 0.4) is 0 Å². The number of ether oxygens (including phenoxy) is 1. The molecule has 0 amide bonds. The third kappa shape index (κ3) is 1.89. The normalized spacial score (nSPS) is 31.9. The number of hydrogen-bond acceptors (Lipinski definition) is 2. The molecule has 1 unspecified atom stereocenters. The summed E-state index contributed by atoms with van der Waals surface area (Å²) in [5, 5.41) is 0. The summed E-state index contributed by atoms with van der Waals surface area (Å²) < 4.78 is 5.57. The third-order valence-electron chi connectivity index (χ3n) is 3.19. The molecule has 0 saturated carbocycles. The molecular formula is C10H17ClO2. The van der Waals surface area contributed by atoms with Crippen LogP contribution in [-0.4, -0.2) is 24.4 Å². The summed E-state index contributed by atoms with van der Waals surface area (Å²) in [6.07, 6.45) is 3.62. The lowest BCUT2D eigenvalue weighted by molar-refractivity contribution is -0.125. The molecule has 0 aromatic rings. The first-order chi connectivity index (χ1) is 6.08. The Morgan fingerprint density at radius 3 is 2.62 bits per heavy atom. The predicted molar refractivity (Wildman–Crippen MR) is 53.1 cm³/mol. The van der Waals surface area contributed by atoms with Crippen LogP contribution >= 0.6 is 11.6 Å². The van der Waals surface area contributed by atoms with Crippen LogP contribution in [0.1, 0.15) is 33.1 Å². The highest BCUT2D eigenvalue weighted by molar-refractivity contribution is 6.17. The molecule has 0 aliphatic carbocycles. The van der Waals surface area contributed by atoms with E-state index in [4.69, 9.17) is 16.3 Å². The molecule has 1 rings (SSSR count). The maximum absolute atomic E-state index is 11.1. The largest absolute Gasteiger partial charge is 0.375 e. The molecule has 1 aliphatic rings. The summed E-state index contributed by atoms with van der Waals surface area (Å²) in [6, 6.07) is 0. The third-order valence-corrected chi connectivity index (χ3v) is 3.46. The molecule has 0 aromatic heterocycles. The summed E-state index contributed by atoms with van der Waals surface area (Å²) in [7, 11) is 0. The Kier molecular flexibility index (Phi) is 3.36. The molecule has 0 spiro atoms. The molecule has 13 heavy (non-hydrogen) atoms. The van der Waals surface area contributed by atoms with Crippen LogP contribution in [0.5, 0.6) is 0 Å². The van der Waals surface area contributed by atoms with Gasteiger partial charge in [0.25, 0.3) is 0 Å². The number of carbonyl (C=O) groups excluding carboxylic acids is 1. The van der Waals surface area contributed by atoms with Crippen molar-refractivity contribution < 1.29 is 9.53 Å². The number of rotatable bonds is 4. The summed E-state index contributed by atoms with van der Waals surface area (Å²) >= 11 is 5.64. The van der Waals surface area contributed by atoms with Gasteiger partial charge in [0, 0.05) is 12.5 Å². The molecule has 3 heteroatoms. The van der Waals surface area contributed by atoms with E-state index in [1.54, 1.807) is 0 Å². The molecule has 0 N–H and O–H groups in total. The zero-order valence-electron chi connectivity index (χ0n) is 8.31. The Morgan fingerprint density at radius 2 is 2.23 bits per heavy atom. The monoisotopic (exact) mass is 204 g/mol. The first-order valence-corrected chi connectivity index (χ1v) is 5.28. The van der Waals surface area contributed by atoms with Gasteiger partial charge in [-0.15, -0.1) is 11.6 Å². The van der Waals surface area contributed by atoms with Crippen molar-refractivity contribution in [2.24, 2.45) is 5.41 Å². The van der Waals surface area contributed by atoms with Gasteiger partial charge in [0.15, 0.2) is 0 Å². The van der Waals surface area contributed by atoms with E-state index in [1.807, 2.05) is 13.8 Å². The molecular weight excluding hydrogens is 188 g/mol. The van der Waals surface area contributed by atoms with Crippen LogP contribution in [0.25, 0.3) is 0 Å². The number of carbonyl (C=O) groups is 1. The molecule has 1 heterocycles. The van der Waals surface area contributed by atoms with Crippen LogP contribution < -0.4 is 0 Å². The second-order valence-electron chi connectivity index (χ2n) is 4.18. The molecule has 0 radical (unpaired) electrons. The summed E-state index contributed by atoms with van der Waals surface area (Å²) in [4.78, 5) is 11.1. The number of hydrogen-bond donors (Lipinski definition) is 0. The topological polar surface area (TPSA) is 26.3 Å². The molecule has 0 aromatic carbocycles. The maximum atomic E-state index is 11.1. The minimum Gasteiger partial charge on any atom is -0.375 e. The lowest BCUT2D eigenvalue weighted by Gasteiger charge is -2.35. The van der Waals surface area contributed by atoms with Crippen LogP contribution in [0, 0.1) is 5.41 Å². The lowest BCUT2D eigenvalue weighted by atomic mass is 9.71. The fourth-order valence-corrected chi connectivity index (χ4v) is 2.13. The zero-order chi connectivity index (χ0) is 9.95. The van der Waals surface area contributed by atoms with Crippen molar-refractivity contribution >= 4 is 17.9 Å². The lowest BCUT2D eigenvalue weighted by Crippen LogP contribution is -2.41. The molecule has 2 nitrogen and oxygen atoms in total. The number of halogens is 1. The van der Waals surface area contributed by atoms with Crippen molar-refractivity contribution in [3.05, 3.63) is 0 Å². The van der Waals surface area contributed by atoms with Crippen molar-refractivity contribution in [3.8, 4) is 0 Å². The van der Waals surface area contributed by atoms with Crippen LogP contribution in [-0.2, 0) is 9.53 Å². The first-order valence-electron chi connectivity index (χ1n) is 4.74. The van der Waals surface area contributed by atoms with Gasteiger partial charge in [0.1, 0.15) is 6.29 Å². The number of alkyl halides is 1.